The standard InChI is InChI=1S/C14H20N2S/c1-3-4-10-8-12(10)16-13-7-9(2)5-6-11(13)14(15)17/h5-7,10,12,16H,3-4,8H2,1-2H3,(H2,15,17). The van der Waals surface area contributed by atoms with E-state index in [4.69, 9.17) is 18.0 Å². The van der Waals surface area contributed by atoms with Gasteiger partial charge in [0.05, 0.1) is 0 Å². The molecule has 0 heterocycles. The highest BCUT2D eigenvalue weighted by Crippen LogP contribution is 2.38. The monoisotopic (exact) mass is 248 g/mol. The molecule has 0 aliphatic heterocycles. The van der Waals surface area contributed by atoms with Crippen LogP contribution in [0.15, 0.2) is 18.2 Å². The molecule has 0 amide bonds. The van der Waals surface area contributed by atoms with E-state index < -0.39 is 0 Å². The van der Waals surface area contributed by atoms with Crippen molar-refractivity contribution < 1.29 is 0 Å². The maximum atomic E-state index is 5.75. The fraction of sp³-hybridized carbons (Fsp3) is 0.500. The molecule has 1 saturated carbocycles. The van der Waals surface area contributed by atoms with Gasteiger partial charge in [-0.3, -0.25) is 0 Å². The van der Waals surface area contributed by atoms with Gasteiger partial charge in [-0.1, -0.05) is 31.6 Å². The number of aryl methyl sites for hydroxylation is 1. The van der Waals surface area contributed by atoms with Crippen molar-refractivity contribution in [3.8, 4) is 0 Å². The smallest absolute Gasteiger partial charge is 0.106 e. The molecule has 0 saturated heterocycles. The fourth-order valence-electron chi connectivity index (χ4n) is 2.31. The first-order valence-electron chi connectivity index (χ1n) is 6.28. The lowest BCUT2D eigenvalue weighted by molar-refractivity contribution is 0.693. The van der Waals surface area contributed by atoms with Crippen molar-refractivity contribution in [2.24, 2.45) is 11.7 Å². The van der Waals surface area contributed by atoms with Gasteiger partial charge in [-0.2, -0.15) is 0 Å². The molecule has 0 aromatic heterocycles. The molecule has 1 aromatic carbocycles. The first kappa shape index (κ1) is 12.4. The van der Waals surface area contributed by atoms with Crippen LogP contribution in [0.3, 0.4) is 0 Å². The van der Waals surface area contributed by atoms with E-state index in [0.29, 0.717) is 11.0 Å². The third-order valence-corrected chi connectivity index (χ3v) is 3.58. The molecule has 1 aliphatic carbocycles. The van der Waals surface area contributed by atoms with E-state index >= 15 is 0 Å². The summed E-state index contributed by atoms with van der Waals surface area (Å²) in [6, 6.07) is 6.81. The third kappa shape index (κ3) is 2.97. The molecule has 2 unspecified atom stereocenters. The van der Waals surface area contributed by atoms with Gasteiger partial charge in [0.2, 0.25) is 0 Å². The molecule has 2 nitrogen and oxygen atoms in total. The van der Waals surface area contributed by atoms with Crippen molar-refractivity contribution in [3.05, 3.63) is 29.3 Å². The number of hydrogen-bond donors (Lipinski definition) is 2. The predicted octanol–water partition coefficient (Wildman–Crippen LogP) is 3.23. The number of nitrogens with two attached hydrogens (primary N) is 1. The zero-order chi connectivity index (χ0) is 12.4. The molecule has 2 rings (SSSR count). The van der Waals surface area contributed by atoms with Gasteiger partial charge in [0.15, 0.2) is 0 Å². The second kappa shape index (κ2) is 5.05. The first-order valence-corrected chi connectivity index (χ1v) is 6.69. The number of nitrogens with one attached hydrogen (secondary N) is 1. The molecule has 92 valence electrons. The zero-order valence-electron chi connectivity index (χ0n) is 10.5. The van der Waals surface area contributed by atoms with E-state index in [1.807, 2.05) is 6.07 Å². The molecule has 17 heavy (non-hydrogen) atoms. The van der Waals surface area contributed by atoms with Crippen molar-refractivity contribution in [1.82, 2.24) is 0 Å². The molecular weight excluding hydrogens is 228 g/mol. The average Bonchev–Trinajstić information content (AvgIpc) is 2.96. The van der Waals surface area contributed by atoms with Crippen molar-refractivity contribution in [2.75, 3.05) is 5.32 Å². The topological polar surface area (TPSA) is 38.0 Å². The number of rotatable bonds is 5. The Labute approximate surface area is 109 Å². The summed E-state index contributed by atoms with van der Waals surface area (Å²) in [5.41, 5.74) is 9.05. The minimum atomic E-state index is 0.472. The van der Waals surface area contributed by atoms with Gasteiger partial charge in [0.25, 0.3) is 0 Å². The minimum Gasteiger partial charge on any atom is -0.389 e. The molecule has 1 fully saturated rings. The summed E-state index contributed by atoms with van der Waals surface area (Å²) >= 11 is 5.08. The van der Waals surface area contributed by atoms with Gasteiger partial charge in [0, 0.05) is 17.3 Å². The lowest BCUT2D eigenvalue weighted by atomic mass is 10.1. The number of anilines is 1. The van der Waals surface area contributed by atoms with Crippen molar-refractivity contribution in [2.45, 2.75) is 39.2 Å². The molecule has 0 radical (unpaired) electrons. The minimum absolute atomic E-state index is 0.472. The summed E-state index contributed by atoms with van der Waals surface area (Å²) in [5, 5.41) is 3.57. The van der Waals surface area contributed by atoms with E-state index in [1.165, 1.54) is 24.8 Å². The summed E-state index contributed by atoms with van der Waals surface area (Å²) in [5.74, 6) is 0.833. The van der Waals surface area contributed by atoms with E-state index in [2.05, 4.69) is 31.3 Å². The summed E-state index contributed by atoms with van der Waals surface area (Å²) in [6.45, 7) is 4.33. The molecule has 1 aliphatic rings. The zero-order valence-corrected chi connectivity index (χ0v) is 11.3. The van der Waals surface area contributed by atoms with Gasteiger partial charge in [-0.05, 0) is 43.4 Å². The summed E-state index contributed by atoms with van der Waals surface area (Å²) in [4.78, 5) is 0.472. The lowest BCUT2D eigenvalue weighted by Crippen LogP contribution is -2.15. The molecular formula is C14H20N2S. The molecule has 0 spiro atoms. The van der Waals surface area contributed by atoms with Crippen LogP contribution in [-0.2, 0) is 0 Å². The normalized spacial score (nSPS) is 22.2. The number of thiocarbonyl (C=S) groups is 1. The Balaban J connectivity index is 2.10. The highest BCUT2D eigenvalue weighted by Gasteiger charge is 2.36. The van der Waals surface area contributed by atoms with E-state index in [9.17, 15) is 0 Å². The van der Waals surface area contributed by atoms with Gasteiger partial charge >= 0.3 is 0 Å². The van der Waals surface area contributed by atoms with Gasteiger partial charge in [0.1, 0.15) is 4.99 Å². The van der Waals surface area contributed by atoms with Crippen LogP contribution in [-0.4, -0.2) is 11.0 Å². The maximum absolute atomic E-state index is 5.75. The molecule has 0 bridgehead atoms. The highest BCUT2D eigenvalue weighted by atomic mass is 32.1. The van der Waals surface area contributed by atoms with E-state index in [0.717, 1.165) is 17.2 Å². The second-order valence-corrected chi connectivity index (χ2v) is 5.39. The Bertz CT molecular complexity index is 428. The average molecular weight is 248 g/mol. The Kier molecular flexibility index (Phi) is 3.67. The third-order valence-electron chi connectivity index (χ3n) is 3.36. The van der Waals surface area contributed by atoms with Crippen LogP contribution in [0.1, 0.15) is 37.3 Å². The summed E-state index contributed by atoms with van der Waals surface area (Å²) in [6.07, 6.45) is 3.85. The fourth-order valence-corrected chi connectivity index (χ4v) is 2.48. The van der Waals surface area contributed by atoms with Gasteiger partial charge < -0.3 is 11.1 Å². The summed E-state index contributed by atoms with van der Waals surface area (Å²) in [7, 11) is 0. The van der Waals surface area contributed by atoms with Crippen LogP contribution in [0.25, 0.3) is 0 Å². The van der Waals surface area contributed by atoms with Crippen molar-refractivity contribution in [1.29, 1.82) is 0 Å². The molecule has 3 heteroatoms. The Morgan fingerprint density at radius 3 is 2.94 bits per heavy atom. The molecule has 1 aromatic rings. The molecule has 2 atom stereocenters. The van der Waals surface area contributed by atoms with Crippen LogP contribution in [0.4, 0.5) is 5.69 Å². The summed E-state index contributed by atoms with van der Waals surface area (Å²) < 4.78 is 0. The largest absolute Gasteiger partial charge is 0.389 e. The van der Waals surface area contributed by atoms with E-state index in [1.54, 1.807) is 0 Å². The van der Waals surface area contributed by atoms with Crippen LogP contribution in [0.5, 0.6) is 0 Å². The lowest BCUT2D eigenvalue weighted by Gasteiger charge is -2.12. The Morgan fingerprint density at radius 1 is 1.53 bits per heavy atom. The van der Waals surface area contributed by atoms with Crippen LogP contribution < -0.4 is 11.1 Å². The maximum Gasteiger partial charge on any atom is 0.106 e. The van der Waals surface area contributed by atoms with Gasteiger partial charge in [-0.15, -0.1) is 0 Å². The van der Waals surface area contributed by atoms with Crippen molar-refractivity contribution >= 4 is 22.9 Å². The molecule has 3 N–H and O–H groups in total. The van der Waals surface area contributed by atoms with E-state index in [-0.39, 0.29) is 0 Å². The number of hydrogen-bond acceptors (Lipinski definition) is 2. The second-order valence-electron chi connectivity index (χ2n) is 4.95. The highest BCUT2D eigenvalue weighted by molar-refractivity contribution is 7.80. The van der Waals surface area contributed by atoms with Crippen molar-refractivity contribution in [3.63, 3.8) is 0 Å². The van der Waals surface area contributed by atoms with Crippen LogP contribution in [0.2, 0.25) is 0 Å². The van der Waals surface area contributed by atoms with Crippen LogP contribution >= 0.6 is 12.2 Å². The first-order chi connectivity index (χ1) is 8.11. The quantitative estimate of drug-likeness (QED) is 0.786. The predicted molar refractivity (Wildman–Crippen MR) is 77.5 cm³/mol. The van der Waals surface area contributed by atoms with Crippen LogP contribution in [0, 0.1) is 12.8 Å². The van der Waals surface area contributed by atoms with Gasteiger partial charge in [-0.25, -0.2) is 0 Å². The Morgan fingerprint density at radius 2 is 2.29 bits per heavy atom. The SMILES string of the molecule is CCCC1CC1Nc1cc(C)ccc1C(N)=S. The Hall–Kier alpha value is -1.09. The number of benzene rings is 1.